The van der Waals surface area contributed by atoms with E-state index in [-0.39, 0.29) is 24.7 Å². The van der Waals surface area contributed by atoms with E-state index in [1.165, 1.54) is 0 Å². The van der Waals surface area contributed by atoms with E-state index in [0.29, 0.717) is 19.3 Å². The molecule has 2 atom stereocenters. The number of hydrogen-bond acceptors (Lipinski definition) is 4. The summed E-state index contributed by atoms with van der Waals surface area (Å²) in [6.45, 7) is 4.19. The van der Waals surface area contributed by atoms with Crippen LogP contribution in [0, 0.1) is 5.41 Å². The molecule has 0 aliphatic carbocycles. The first-order valence-corrected chi connectivity index (χ1v) is 7.77. The minimum atomic E-state index is -2.99. The van der Waals surface area contributed by atoms with Crippen molar-refractivity contribution in [3.63, 3.8) is 0 Å². The molecule has 1 aliphatic heterocycles. The van der Waals surface area contributed by atoms with Crippen molar-refractivity contribution in [2.75, 3.05) is 18.8 Å². The molecule has 0 aromatic rings. The lowest BCUT2D eigenvalue weighted by Gasteiger charge is -2.25. The van der Waals surface area contributed by atoms with Gasteiger partial charge in [-0.25, -0.2) is 8.42 Å². The van der Waals surface area contributed by atoms with Crippen molar-refractivity contribution in [2.45, 2.75) is 38.4 Å². The van der Waals surface area contributed by atoms with Crippen molar-refractivity contribution in [2.24, 2.45) is 11.1 Å². The lowest BCUT2D eigenvalue weighted by Crippen LogP contribution is -2.46. The molecule has 1 saturated heterocycles. The summed E-state index contributed by atoms with van der Waals surface area (Å²) in [7, 11) is -2.99. The van der Waals surface area contributed by atoms with Gasteiger partial charge in [-0.05, 0) is 26.2 Å². The lowest BCUT2D eigenvalue weighted by atomic mass is 9.86. The first-order valence-electron chi connectivity index (χ1n) is 6.05. The van der Waals surface area contributed by atoms with Gasteiger partial charge in [0, 0.05) is 13.1 Å². The van der Waals surface area contributed by atoms with Crippen LogP contribution >= 0.6 is 0 Å². The van der Waals surface area contributed by atoms with Gasteiger partial charge in [0.05, 0.1) is 16.4 Å². The summed E-state index contributed by atoms with van der Waals surface area (Å²) in [5, 5.41) is 2.31. The molecule has 1 rings (SSSR count). The van der Waals surface area contributed by atoms with E-state index in [2.05, 4.69) is 5.32 Å². The molecule has 0 bridgehead atoms. The molecule has 1 aliphatic rings. The molecule has 1 heterocycles. The van der Waals surface area contributed by atoms with Gasteiger partial charge in [-0.15, -0.1) is 0 Å². The Morgan fingerprint density at radius 3 is 2.59 bits per heavy atom. The summed E-state index contributed by atoms with van der Waals surface area (Å²) in [6.07, 6.45) is 1.99. The Morgan fingerprint density at radius 1 is 1.53 bits per heavy atom. The van der Waals surface area contributed by atoms with Crippen LogP contribution in [0.5, 0.6) is 0 Å². The molecule has 1 fully saturated rings. The Kier molecular flexibility index (Phi) is 4.55. The maximum Gasteiger partial charge on any atom is 0.227 e. The van der Waals surface area contributed by atoms with Gasteiger partial charge in [-0.2, -0.15) is 0 Å². The largest absolute Gasteiger partial charge is 0.354 e. The Hall–Kier alpha value is -0.620. The Morgan fingerprint density at radius 2 is 2.18 bits per heavy atom. The van der Waals surface area contributed by atoms with Gasteiger partial charge in [0.15, 0.2) is 9.84 Å². The second-order valence-corrected chi connectivity index (χ2v) is 7.36. The molecule has 0 saturated carbocycles. The summed E-state index contributed by atoms with van der Waals surface area (Å²) in [4.78, 5) is 11.9. The predicted octanol–water partition coefficient (Wildman–Crippen LogP) is 0.0548. The third kappa shape index (κ3) is 3.19. The van der Waals surface area contributed by atoms with E-state index in [0.717, 1.165) is 0 Å². The first kappa shape index (κ1) is 14.4. The van der Waals surface area contributed by atoms with Crippen LogP contribution in [-0.4, -0.2) is 38.4 Å². The van der Waals surface area contributed by atoms with Crippen molar-refractivity contribution >= 4 is 15.7 Å². The molecule has 3 N–H and O–H groups in total. The van der Waals surface area contributed by atoms with Crippen LogP contribution < -0.4 is 11.1 Å². The molecule has 0 aromatic carbocycles. The van der Waals surface area contributed by atoms with Crippen LogP contribution in [0.3, 0.4) is 0 Å². The van der Waals surface area contributed by atoms with Crippen LogP contribution in [-0.2, 0) is 14.6 Å². The molecule has 0 spiro atoms. The van der Waals surface area contributed by atoms with Crippen LogP contribution in [0.15, 0.2) is 0 Å². The summed E-state index contributed by atoms with van der Waals surface area (Å²) < 4.78 is 23.2. The molecule has 0 radical (unpaired) electrons. The van der Waals surface area contributed by atoms with E-state index < -0.39 is 20.5 Å². The van der Waals surface area contributed by atoms with Gasteiger partial charge in [-0.1, -0.05) is 6.92 Å². The second kappa shape index (κ2) is 5.35. The fourth-order valence-electron chi connectivity index (χ4n) is 1.90. The van der Waals surface area contributed by atoms with E-state index in [9.17, 15) is 13.2 Å². The zero-order valence-electron chi connectivity index (χ0n) is 10.5. The van der Waals surface area contributed by atoms with Crippen molar-refractivity contribution in [3.05, 3.63) is 0 Å². The van der Waals surface area contributed by atoms with E-state index >= 15 is 0 Å². The summed E-state index contributed by atoms with van der Waals surface area (Å²) in [5.41, 5.74) is 4.98. The number of nitrogens with one attached hydrogen (secondary N) is 1. The molecule has 100 valence electrons. The number of hydrogen-bond donors (Lipinski definition) is 2. The van der Waals surface area contributed by atoms with Gasteiger partial charge in [0.25, 0.3) is 0 Å². The summed E-state index contributed by atoms with van der Waals surface area (Å²) >= 11 is 0. The van der Waals surface area contributed by atoms with Gasteiger partial charge < -0.3 is 11.1 Å². The topological polar surface area (TPSA) is 89.3 Å². The van der Waals surface area contributed by atoms with E-state index in [4.69, 9.17) is 5.73 Å². The average molecular weight is 262 g/mol. The standard InChI is InChI=1S/C11H22N2O3S/c1-3-11(2,8-12)10(14)13-7-9-5-4-6-17(9,15)16/h9H,3-8,12H2,1-2H3,(H,13,14). The summed E-state index contributed by atoms with van der Waals surface area (Å²) in [5.74, 6) is 0.0970. The molecule has 0 aromatic heterocycles. The van der Waals surface area contributed by atoms with Crippen LogP contribution in [0.1, 0.15) is 33.1 Å². The number of carbonyl (C=O) groups is 1. The molecule has 1 amide bonds. The third-order valence-electron chi connectivity index (χ3n) is 3.73. The molecular formula is C11H22N2O3S. The number of carbonyl (C=O) groups excluding carboxylic acids is 1. The van der Waals surface area contributed by atoms with Gasteiger partial charge >= 0.3 is 0 Å². The number of amides is 1. The first-order chi connectivity index (χ1) is 7.85. The van der Waals surface area contributed by atoms with E-state index in [1.807, 2.05) is 6.92 Å². The maximum atomic E-state index is 11.9. The third-order valence-corrected chi connectivity index (χ3v) is 6.01. The average Bonchev–Trinajstić information content (AvgIpc) is 2.64. The van der Waals surface area contributed by atoms with Crippen molar-refractivity contribution in [3.8, 4) is 0 Å². The van der Waals surface area contributed by atoms with Crippen molar-refractivity contribution in [1.29, 1.82) is 0 Å². The lowest BCUT2D eigenvalue weighted by molar-refractivity contribution is -0.129. The fourth-order valence-corrected chi connectivity index (χ4v) is 3.67. The van der Waals surface area contributed by atoms with Gasteiger partial charge in [0.2, 0.25) is 5.91 Å². The predicted molar refractivity (Wildman–Crippen MR) is 67.3 cm³/mol. The highest BCUT2D eigenvalue weighted by Gasteiger charge is 2.34. The molecule has 6 heteroatoms. The Labute approximate surface area is 103 Å². The summed E-state index contributed by atoms with van der Waals surface area (Å²) in [6, 6.07) is 0. The van der Waals surface area contributed by atoms with Gasteiger partial charge in [0.1, 0.15) is 0 Å². The number of rotatable bonds is 5. The molecular weight excluding hydrogens is 240 g/mol. The molecule has 2 unspecified atom stereocenters. The highest BCUT2D eigenvalue weighted by atomic mass is 32.2. The maximum absolute atomic E-state index is 11.9. The monoisotopic (exact) mass is 262 g/mol. The minimum Gasteiger partial charge on any atom is -0.354 e. The van der Waals surface area contributed by atoms with Crippen molar-refractivity contribution in [1.82, 2.24) is 5.32 Å². The highest BCUT2D eigenvalue weighted by molar-refractivity contribution is 7.92. The van der Waals surface area contributed by atoms with Crippen molar-refractivity contribution < 1.29 is 13.2 Å². The zero-order chi connectivity index (χ0) is 13.1. The van der Waals surface area contributed by atoms with E-state index in [1.54, 1.807) is 6.92 Å². The zero-order valence-corrected chi connectivity index (χ0v) is 11.3. The van der Waals surface area contributed by atoms with Crippen LogP contribution in [0.25, 0.3) is 0 Å². The minimum absolute atomic E-state index is 0.149. The normalized spacial score (nSPS) is 26.4. The highest BCUT2D eigenvalue weighted by Crippen LogP contribution is 2.21. The second-order valence-electron chi connectivity index (χ2n) is 4.96. The fraction of sp³-hybridized carbons (Fsp3) is 0.909. The quantitative estimate of drug-likeness (QED) is 0.733. The van der Waals surface area contributed by atoms with Crippen LogP contribution in [0.2, 0.25) is 0 Å². The molecule has 17 heavy (non-hydrogen) atoms. The smallest absolute Gasteiger partial charge is 0.227 e. The SMILES string of the molecule is CCC(C)(CN)C(=O)NCC1CCCS1(=O)=O. The number of nitrogens with two attached hydrogens (primary N) is 1. The number of sulfone groups is 1. The Balaban J connectivity index is 2.54. The van der Waals surface area contributed by atoms with Gasteiger partial charge in [-0.3, -0.25) is 4.79 Å². The molecule has 5 nitrogen and oxygen atoms in total. The Bertz CT molecular complexity index is 374. The van der Waals surface area contributed by atoms with Crippen LogP contribution in [0.4, 0.5) is 0 Å².